The minimum Gasteiger partial charge on any atom is -0.391 e. The van der Waals surface area contributed by atoms with Crippen LogP contribution >= 0.6 is 0 Å². The second-order valence-electron chi connectivity index (χ2n) is 4.59. The number of anilines is 1. The monoisotopic (exact) mass is 283 g/mol. The van der Waals surface area contributed by atoms with Crippen molar-refractivity contribution in [3.05, 3.63) is 60.7 Å². The molecule has 0 saturated heterocycles. The molecule has 0 radical (unpaired) electrons. The van der Waals surface area contributed by atoms with Crippen molar-refractivity contribution in [3.8, 4) is 0 Å². The van der Waals surface area contributed by atoms with Crippen LogP contribution in [-0.2, 0) is 4.79 Å². The molecule has 0 aliphatic heterocycles. The summed E-state index contributed by atoms with van der Waals surface area (Å²) in [5.74, 6) is -0.393. The van der Waals surface area contributed by atoms with Crippen molar-refractivity contribution in [1.29, 1.82) is 0 Å². The van der Waals surface area contributed by atoms with E-state index in [1.165, 1.54) is 6.92 Å². The highest BCUT2D eigenvalue weighted by Crippen LogP contribution is 2.14. The van der Waals surface area contributed by atoms with Gasteiger partial charge in [-0.3, -0.25) is 4.79 Å². The fraction of sp³-hybridized carbons (Fsp3) is 0.188. The predicted molar refractivity (Wildman–Crippen MR) is 81.5 cm³/mol. The van der Waals surface area contributed by atoms with E-state index in [0.29, 0.717) is 11.4 Å². The van der Waals surface area contributed by atoms with Crippen molar-refractivity contribution in [2.24, 2.45) is 10.2 Å². The second kappa shape index (κ2) is 7.31. The third-order valence-electron chi connectivity index (χ3n) is 2.82. The molecule has 0 saturated carbocycles. The van der Waals surface area contributed by atoms with E-state index in [9.17, 15) is 9.90 Å². The summed E-state index contributed by atoms with van der Waals surface area (Å²) in [6, 6.07) is 17.2. The Hall–Kier alpha value is -2.53. The Morgan fingerprint density at radius 2 is 1.62 bits per heavy atom. The van der Waals surface area contributed by atoms with E-state index >= 15 is 0 Å². The summed E-state index contributed by atoms with van der Waals surface area (Å²) in [5, 5.41) is 20.4. The number of benzene rings is 2. The first-order valence-corrected chi connectivity index (χ1v) is 6.66. The molecule has 2 unspecified atom stereocenters. The molecular formula is C16H17N3O2. The van der Waals surface area contributed by atoms with Crippen molar-refractivity contribution < 1.29 is 9.90 Å². The number of aliphatic hydroxyl groups is 1. The second-order valence-corrected chi connectivity index (χ2v) is 4.59. The van der Waals surface area contributed by atoms with Crippen molar-refractivity contribution >= 4 is 17.3 Å². The molecule has 5 heteroatoms. The number of carbonyl (C=O) groups excluding carboxylic acids is 1. The third-order valence-corrected chi connectivity index (χ3v) is 2.82. The van der Waals surface area contributed by atoms with E-state index in [4.69, 9.17) is 0 Å². The van der Waals surface area contributed by atoms with E-state index in [1.54, 1.807) is 24.3 Å². The lowest BCUT2D eigenvalue weighted by Gasteiger charge is -2.14. The van der Waals surface area contributed by atoms with Crippen LogP contribution < -0.4 is 5.32 Å². The maximum absolute atomic E-state index is 12.2. The van der Waals surface area contributed by atoms with Gasteiger partial charge in [0.05, 0.1) is 11.8 Å². The van der Waals surface area contributed by atoms with Gasteiger partial charge in [-0.1, -0.05) is 36.4 Å². The molecule has 2 aromatic carbocycles. The number of hydrogen-bond donors (Lipinski definition) is 2. The van der Waals surface area contributed by atoms with Crippen LogP contribution in [-0.4, -0.2) is 23.2 Å². The number of amides is 1. The molecule has 0 heterocycles. The van der Waals surface area contributed by atoms with Crippen molar-refractivity contribution in [2.45, 2.75) is 19.1 Å². The highest BCUT2D eigenvalue weighted by Gasteiger charge is 2.23. The molecule has 2 N–H and O–H groups in total. The highest BCUT2D eigenvalue weighted by molar-refractivity contribution is 5.95. The maximum Gasteiger partial charge on any atom is 0.253 e. The third kappa shape index (κ3) is 4.50. The molecule has 0 aromatic heterocycles. The molecule has 5 nitrogen and oxygen atoms in total. The van der Waals surface area contributed by atoms with Crippen LogP contribution in [0.15, 0.2) is 70.9 Å². The number of nitrogens with zero attached hydrogens (tertiary/aromatic N) is 2. The summed E-state index contributed by atoms with van der Waals surface area (Å²) in [6.07, 6.45) is -0.929. The smallest absolute Gasteiger partial charge is 0.253 e. The molecule has 2 aromatic rings. The van der Waals surface area contributed by atoms with Gasteiger partial charge in [-0.25, -0.2) is 0 Å². The first-order valence-electron chi connectivity index (χ1n) is 6.66. The van der Waals surface area contributed by atoms with Crippen molar-refractivity contribution in [3.63, 3.8) is 0 Å². The minimum atomic E-state index is -0.953. The number of rotatable bonds is 5. The average molecular weight is 283 g/mol. The summed E-state index contributed by atoms with van der Waals surface area (Å²) < 4.78 is 0. The van der Waals surface area contributed by atoms with Gasteiger partial charge >= 0.3 is 0 Å². The molecule has 0 aliphatic carbocycles. The molecule has 0 spiro atoms. The van der Waals surface area contributed by atoms with Gasteiger partial charge in [0, 0.05) is 5.69 Å². The molecule has 108 valence electrons. The standard InChI is InChI=1S/C16H17N3O2/c1-12(20)15(19-18-14-10-6-3-7-11-14)16(21)17-13-8-4-2-5-9-13/h2-12,15,20H,1H3,(H,17,21). The SMILES string of the molecule is CC(O)C(N=Nc1ccccc1)C(=O)Nc1ccccc1. The predicted octanol–water partition coefficient (Wildman–Crippen LogP) is 3.16. The Balaban J connectivity index is 2.08. The Kier molecular flexibility index (Phi) is 5.17. The van der Waals surface area contributed by atoms with Gasteiger partial charge in [0.25, 0.3) is 5.91 Å². The average Bonchev–Trinajstić information content (AvgIpc) is 2.49. The van der Waals surface area contributed by atoms with Crippen LogP contribution in [0.4, 0.5) is 11.4 Å². The molecule has 2 atom stereocenters. The summed E-state index contributed by atoms with van der Waals surface area (Å²) in [4.78, 5) is 12.2. The first kappa shape index (κ1) is 14.9. The molecular weight excluding hydrogens is 266 g/mol. The van der Waals surface area contributed by atoms with Crippen LogP contribution in [0.5, 0.6) is 0 Å². The zero-order valence-corrected chi connectivity index (χ0v) is 11.7. The van der Waals surface area contributed by atoms with E-state index in [-0.39, 0.29) is 0 Å². The number of aliphatic hydroxyl groups excluding tert-OH is 1. The summed E-state index contributed by atoms with van der Waals surface area (Å²) in [5.41, 5.74) is 1.29. The normalized spacial score (nSPS) is 13.8. The first-order chi connectivity index (χ1) is 10.2. The lowest BCUT2D eigenvalue weighted by atomic mass is 10.2. The Labute approximate surface area is 123 Å². The summed E-state index contributed by atoms with van der Waals surface area (Å²) in [6.45, 7) is 1.51. The van der Waals surface area contributed by atoms with Gasteiger partial charge in [0.15, 0.2) is 6.04 Å². The van der Waals surface area contributed by atoms with Crippen LogP contribution in [0.3, 0.4) is 0 Å². The van der Waals surface area contributed by atoms with Gasteiger partial charge in [-0.05, 0) is 31.2 Å². The molecule has 0 bridgehead atoms. The van der Waals surface area contributed by atoms with E-state index in [0.717, 1.165) is 0 Å². The number of carbonyl (C=O) groups is 1. The van der Waals surface area contributed by atoms with E-state index < -0.39 is 18.1 Å². The summed E-state index contributed by atoms with van der Waals surface area (Å²) in [7, 11) is 0. The summed E-state index contributed by atoms with van der Waals surface area (Å²) >= 11 is 0. The van der Waals surface area contributed by atoms with Gasteiger partial charge in [-0.15, -0.1) is 0 Å². The van der Waals surface area contributed by atoms with Gasteiger partial charge < -0.3 is 10.4 Å². The van der Waals surface area contributed by atoms with Crippen LogP contribution in [0.2, 0.25) is 0 Å². The fourth-order valence-corrected chi connectivity index (χ4v) is 1.73. The van der Waals surface area contributed by atoms with Crippen molar-refractivity contribution in [1.82, 2.24) is 0 Å². The highest BCUT2D eigenvalue weighted by atomic mass is 16.3. The van der Waals surface area contributed by atoms with Crippen LogP contribution in [0.1, 0.15) is 6.92 Å². The molecule has 0 fully saturated rings. The van der Waals surface area contributed by atoms with E-state index in [1.807, 2.05) is 36.4 Å². The molecule has 2 rings (SSSR count). The van der Waals surface area contributed by atoms with Gasteiger partial charge in [-0.2, -0.15) is 10.2 Å². The fourth-order valence-electron chi connectivity index (χ4n) is 1.73. The zero-order chi connectivity index (χ0) is 15.1. The van der Waals surface area contributed by atoms with Crippen LogP contribution in [0.25, 0.3) is 0 Å². The number of para-hydroxylation sites is 1. The number of azo groups is 1. The minimum absolute atomic E-state index is 0.393. The quantitative estimate of drug-likeness (QED) is 0.827. The Bertz CT molecular complexity index is 597. The maximum atomic E-state index is 12.2. The van der Waals surface area contributed by atoms with Gasteiger partial charge in [0.1, 0.15) is 0 Å². The zero-order valence-electron chi connectivity index (χ0n) is 11.7. The molecule has 0 aliphatic rings. The Morgan fingerprint density at radius 3 is 2.19 bits per heavy atom. The lowest BCUT2D eigenvalue weighted by molar-refractivity contribution is -0.119. The van der Waals surface area contributed by atoms with Crippen LogP contribution in [0, 0.1) is 0 Å². The Morgan fingerprint density at radius 1 is 1.05 bits per heavy atom. The largest absolute Gasteiger partial charge is 0.391 e. The molecule has 21 heavy (non-hydrogen) atoms. The lowest BCUT2D eigenvalue weighted by Crippen LogP contribution is -2.34. The van der Waals surface area contributed by atoms with E-state index in [2.05, 4.69) is 15.5 Å². The van der Waals surface area contributed by atoms with Crippen molar-refractivity contribution in [2.75, 3.05) is 5.32 Å². The number of hydrogen-bond acceptors (Lipinski definition) is 4. The topological polar surface area (TPSA) is 74.0 Å². The van der Waals surface area contributed by atoms with Gasteiger partial charge in [0.2, 0.25) is 0 Å². The molecule has 1 amide bonds. The number of nitrogens with one attached hydrogen (secondary N) is 1.